The Hall–Kier alpha value is -4.01. The molecule has 0 bridgehead atoms. The Morgan fingerprint density at radius 2 is 1.74 bits per heavy atom. The second kappa shape index (κ2) is 11.4. The number of nitrogens with one attached hydrogen (secondary N) is 1. The lowest BCUT2D eigenvalue weighted by molar-refractivity contribution is -0.147. The van der Waals surface area contributed by atoms with Crippen LogP contribution in [0, 0.1) is 6.92 Å². The van der Waals surface area contributed by atoms with Crippen molar-refractivity contribution in [3.05, 3.63) is 59.2 Å². The molecule has 0 amide bonds. The summed E-state index contributed by atoms with van der Waals surface area (Å²) in [5.74, 6) is -3.57. The second-order valence-corrected chi connectivity index (χ2v) is 9.17. The molecule has 188 valence electrons. The topological polar surface area (TPSA) is 215 Å². The Morgan fingerprint density at radius 1 is 1.11 bits per heavy atom. The van der Waals surface area contributed by atoms with Gasteiger partial charge in [0.25, 0.3) is 10.2 Å². The predicted molar refractivity (Wildman–Crippen MR) is 125 cm³/mol. The van der Waals surface area contributed by atoms with Crippen LogP contribution in [0.4, 0.5) is 5.69 Å². The maximum absolute atomic E-state index is 12.5. The van der Waals surface area contributed by atoms with Gasteiger partial charge in [-0.3, -0.25) is 9.59 Å². The molecule has 0 heterocycles. The van der Waals surface area contributed by atoms with Crippen LogP contribution in [-0.4, -0.2) is 59.9 Å². The molecule has 0 aliphatic carbocycles. The average Bonchev–Trinajstić information content (AvgIpc) is 2.76. The minimum absolute atomic E-state index is 0.119. The number of nitrogens with zero attached hydrogens (tertiary/aromatic N) is 2. The summed E-state index contributed by atoms with van der Waals surface area (Å²) in [5.41, 5.74) is 12.4. The number of guanidine groups is 1. The van der Waals surface area contributed by atoms with E-state index in [-0.39, 0.29) is 23.8 Å². The van der Waals surface area contributed by atoms with Crippen molar-refractivity contribution in [3.8, 4) is 5.75 Å². The number of ether oxygens (including phenoxy) is 1. The molecule has 0 aliphatic rings. The lowest BCUT2D eigenvalue weighted by atomic mass is 10.1. The lowest BCUT2D eigenvalue weighted by Gasteiger charge is -2.23. The first-order valence-corrected chi connectivity index (χ1v) is 11.4. The SMILES string of the molecule is Cc1cc(OC(=O)c2ccc(N=C(N)N)cc2)ccc1CNS(=O)(=O)N(C)[C@@H](CC(=O)O)C(=O)O. The fourth-order valence-electron chi connectivity index (χ4n) is 2.89. The molecule has 7 N–H and O–H groups in total. The summed E-state index contributed by atoms with van der Waals surface area (Å²) in [6.07, 6.45) is -0.900. The van der Waals surface area contributed by atoms with Gasteiger partial charge in [-0.05, 0) is 54.4 Å². The molecule has 0 saturated carbocycles. The molecule has 0 unspecified atom stereocenters. The van der Waals surface area contributed by atoms with Crippen LogP contribution in [0.2, 0.25) is 0 Å². The van der Waals surface area contributed by atoms with Crippen LogP contribution in [0.3, 0.4) is 0 Å². The van der Waals surface area contributed by atoms with E-state index >= 15 is 0 Å². The summed E-state index contributed by atoms with van der Waals surface area (Å²) < 4.78 is 33.0. The molecule has 0 saturated heterocycles. The number of likely N-dealkylation sites (N-methyl/N-ethyl adjacent to an activating group) is 1. The maximum atomic E-state index is 12.5. The van der Waals surface area contributed by atoms with E-state index in [1.165, 1.54) is 30.3 Å². The molecule has 14 heteroatoms. The number of carboxylic acids is 2. The number of aliphatic imine (C=N–C) groups is 1. The molecule has 0 radical (unpaired) electrons. The highest BCUT2D eigenvalue weighted by Gasteiger charge is 2.33. The van der Waals surface area contributed by atoms with Gasteiger partial charge in [-0.15, -0.1) is 0 Å². The first-order chi connectivity index (χ1) is 16.3. The van der Waals surface area contributed by atoms with Crippen molar-refractivity contribution in [3.63, 3.8) is 0 Å². The Kier molecular flexibility index (Phi) is 8.88. The third-order valence-corrected chi connectivity index (χ3v) is 6.32. The molecular formula is C21H25N5O8S. The number of aliphatic carboxylic acids is 2. The van der Waals surface area contributed by atoms with Crippen molar-refractivity contribution in [2.45, 2.75) is 25.9 Å². The molecule has 2 aromatic carbocycles. The van der Waals surface area contributed by atoms with E-state index in [4.69, 9.17) is 26.4 Å². The van der Waals surface area contributed by atoms with Gasteiger partial charge >= 0.3 is 17.9 Å². The summed E-state index contributed by atoms with van der Waals surface area (Å²) in [6.45, 7) is 1.46. The average molecular weight is 508 g/mol. The van der Waals surface area contributed by atoms with E-state index in [2.05, 4.69) is 9.71 Å². The van der Waals surface area contributed by atoms with Gasteiger partial charge in [0.15, 0.2) is 5.96 Å². The van der Waals surface area contributed by atoms with Gasteiger partial charge in [0.1, 0.15) is 11.8 Å². The number of hydrogen-bond donors (Lipinski definition) is 5. The lowest BCUT2D eigenvalue weighted by Crippen LogP contribution is -2.48. The summed E-state index contributed by atoms with van der Waals surface area (Å²) in [5, 5.41) is 18.0. The number of carbonyl (C=O) groups excluding carboxylic acids is 1. The van der Waals surface area contributed by atoms with E-state index in [1.54, 1.807) is 19.1 Å². The predicted octanol–water partition coefficient (Wildman–Crippen LogP) is 0.313. The molecule has 1 atom stereocenters. The molecule has 0 spiro atoms. The van der Waals surface area contributed by atoms with E-state index in [1.807, 2.05) is 0 Å². The van der Waals surface area contributed by atoms with E-state index in [0.29, 0.717) is 21.1 Å². The number of rotatable bonds is 11. The van der Waals surface area contributed by atoms with Crippen LogP contribution in [-0.2, 0) is 26.3 Å². The number of hydrogen-bond acceptors (Lipinski definition) is 7. The van der Waals surface area contributed by atoms with Crippen LogP contribution >= 0.6 is 0 Å². The van der Waals surface area contributed by atoms with Gasteiger partial charge in [0, 0.05) is 13.6 Å². The van der Waals surface area contributed by atoms with Gasteiger partial charge in [-0.2, -0.15) is 17.4 Å². The highest BCUT2D eigenvalue weighted by Crippen LogP contribution is 2.20. The van der Waals surface area contributed by atoms with E-state index in [9.17, 15) is 22.8 Å². The third kappa shape index (κ3) is 7.77. The Labute approximate surface area is 201 Å². The summed E-state index contributed by atoms with van der Waals surface area (Å²) in [7, 11) is -3.34. The molecule has 0 aliphatic heterocycles. The summed E-state index contributed by atoms with van der Waals surface area (Å²) >= 11 is 0. The normalized spacial score (nSPS) is 12.1. The monoisotopic (exact) mass is 507 g/mol. The fraction of sp³-hybridized carbons (Fsp3) is 0.238. The zero-order valence-corrected chi connectivity index (χ0v) is 19.7. The minimum Gasteiger partial charge on any atom is -0.481 e. The minimum atomic E-state index is -4.31. The smallest absolute Gasteiger partial charge is 0.343 e. The number of esters is 1. The molecular weight excluding hydrogens is 482 g/mol. The Morgan fingerprint density at radius 3 is 2.26 bits per heavy atom. The highest BCUT2D eigenvalue weighted by atomic mass is 32.2. The van der Waals surface area contributed by atoms with Gasteiger partial charge in [0.05, 0.1) is 17.7 Å². The Bertz CT molecular complexity index is 1240. The molecule has 0 fully saturated rings. The van der Waals surface area contributed by atoms with Crippen molar-refractivity contribution in [1.29, 1.82) is 0 Å². The van der Waals surface area contributed by atoms with Crippen molar-refractivity contribution >= 4 is 39.8 Å². The van der Waals surface area contributed by atoms with Crippen LogP contribution in [0.1, 0.15) is 27.9 Å². The zero-order chi connectivity index (χ0) is 26.3. The number of carboxylic acid groups (broad SMARTS) is 2. The van der Waals surface area contributed by atoms with Crippen LogP contribution < -0.4 is 20.9 Å². The third-order valence-electron chi connectivity index (χ3n) is 4.80. The summed E-state index contributed by atoms with van der Waals surface area (Å²) in [6, 6.07) is 8.82. The Balaban J connectivity index is 2.06. The highest BCUT2D eigenvalue weighted by molar-refractivity contribution is 7.87. The van der Waals surface area contributed by atoms with Gasteiger partial charge in [0.2, 0.25) is 0 Å². The van der Waals surface area contributed by atoms with Crippen molar-refractivity contribution in [1.82, 2.24) is 9.03 Å². The van der Waals surface area contributed by atoms with Gasteiger partial charge < -0.3 is 26.4 Å². The number of carbonyl (C=O) groups is 3. The molecule has 0 aromatic heterocycles. The number of nitrogens with two attached hydrogens (primary N) is 2. The molecule has 13 nitrogen and oxygen atoms in total. The summed E-state index contributed by atoms with van der Waals surface area (Å²) in [4.78, 5) is 38.4. The van der Waals surface area contributed by atoms with Crippen molar-refractivity contribution in [2.75, 3.05) is 7.05 Å². The molecule has 2 rings (SSSR count). The number of benzene rings is 2. The van der Waals surface area contributed by atoms with Crippen molar-refractivity contribution < 1.29 is 37.8 Å². The van der Waals surface area contributed by atoms with Crippen LogP contribution in [0.15, 0.2) is 47.5 Å². The van der Waals surface area contributed by atoms with E-state index < -0.39 is 40.6 Å². The zero-order valence-electron chi connectivity index (χ0n) is 18.8. The molecule has 35 heavy (non-hydrogen) atoms. The molecule has 2 aromatic rings. The maximum Gasteiger partial charge on any atom is 0.343 e. The van der Waals surface area contributed by atoms with E-state index in [0.717, 1.165) is 7.05 Å². The van der Waals surface area contributed by atoms with Crippen molar-refractivity contribution in [2.24, 2.45) is 16.5 Å². The first-order valence-electron chi connectivity index (χ1n) is 9.98. The van der Waals surface area contributed by atoms with Crippen LogP contribution in [0.5, 0.6) is 5.75 Å². The van der Waals surface area contributed by atoms with Gasteiger partial charge in [-0.25, -0.2) is 9.79 Å². The fourth-order valence-corrected chi connectivity index (χ4v) is 3.93. The number of aryl methyl sites for hydroxylation is 1. The largest absolute Gasteiger partial charge is 0.481 e. The second-order valence-electron chi connectivity index (χ2n) is 7.36. The van der Waals surface area contributed by atoms with Crippen LogP contribution in [0.25, 0.3) is 0 Å². The first kappa shape index (κ1) is 27.2. The quantitative estimate of drug-likeness (QED) is 0.121. The van der Waals surface area contributed by atoms with Gasteiger partial charge in [-0.1, -0.05) is 6.07 Å². The standard InChI is InChI=1S/C21H25N5O8S/c1-12-9-16(34-20(31)13-3-6-15(7-4-13)25-21(22)23)8-5-14(12)11-24-35(32,33)26(2)17(19(29)30)10-18(27)28/h3-9,17,24H,10-11H2,1-2H3,(H,27,28)(H,29,30)(H4,22,23,25)/t17-/m0/s1.